The largest absolute Gasteiger partial charge is 0.493 e. The maximum absolute atomic E-state index is 11.5. The summed E-state index contributed by atoms with van der Waals surface area (Å²) in [4.78, 5) is 11.5. The number of sulfone groups is 1. The number of carbonyl (C=O) groups is 1. The van der Waals surface area contributed by atoms with Crippen LogP contribution in [-0.2, 0) is 14.6 Å². The highest BCUT2D eigenvalue weighted by atomic mass is 35.5. The second-order valence-corrected chi connectivity index (χ2v) is 7.09. The van der Waals surface area contributed by atoms with Crippen LogP contribution < -0.4 is 10.1 Å². The molecule has 0 spiro atoms. The van der Waals surface area contributed by atoms with Crippen LogP contribution in [0, 0.1) is 0 Å². The highest BCUT2D eigenvalue weighted by Crippen LogP contribution is 2.16. The number of hydrogen-bond donors (Lipinski definition) is 1. The number of ether oxygens (including phenoxy) is 1. The molecule has 1 N–H and O–H groups in total. The minimum atomic E-state index is -2.97. The molecule has 0 heterocycles. The molecule has 20 heavy (non-hydrogen) atoms. The molecule has 0 bridgehead atoms. The highest BCUT2D eigenvalue weighted by Gasteiger charge is 2.04. The number of hydrogen-bond acceptors (Lipinski definition) is 4. The van der Waals surface area contributed by atoms with Crippen LogP contribution in [0.4, 0.5) is 0 Å². The van der Waals surface area contributed by atoms with Crippen molar-refractivity contribution in [1.29, 1.82) is 0 Å². The molecule has 0 saturated heterocycles. The summed E-state index contributed by atoms with van der Waals surface area (Å²) in [7, 11) is -2.97. The Morgan fingerprint density at radius 1 is 1.40 bits per heavy atom. The van der Waals surface area contributed by atoms with Gasteiger partial charge in [-0.15, -0.1) is 0 Å². The van der Waals surface area contributed by atoms with Gasteiger partial charge in [-0.25, -0.2) is 8.42 Å². The van der Waals surface area contributed by atoms with Crippen molar-refractivity contribution < 1.29 is 17.9 Å². The van der Waals surface area contributed by atoms with Gasteiger partial charge in [-0.2, -0.15) is 0 Å². The smallest absolute Gasteiger partial charge is 0.223 e. The molecule has 0 aromatic heterocycles. The summed E-state index contributed by atoms with van der Waals surface area (Å²) >= 11 is 5.80. The molecule has 0 aliphatic rings. The molecular weight excluding hydrogens is 302 g/mol. The Morgan fingerprint density at radius 2 is 2.15 bits per heavy atom. The average molecular weight is 320 g/mol. The van der Waals surface area contributed by atoms with Crippen LogP contribution in [0.3, 0.4) is 0 Å². The molecule has 0 radical (unpaired) electrons. The van der Waals surface area contributed by atoms with E-state index in [-0.39, 0.29) is 24.7 Å². The molecule has 112 valence electrons. The number of rotatable bonds is 8. The van der Waals surface area contributed by atoms with Crippen LogP contribution in [0.15, 0.2) is 24.3 Å². The zero-order valence-electron chi connectivity index (χ0n) is 11.3. The van der Waals surface area contributed by atoms with Crippen LogP contribution in [-0.4, -0.2) is 39.5 Å². The summed E-state index contributed by atoms with van der Waals surface area (Å²) in [5.41, 5.74) is 0. The summed E-state index contributed by atoms with van der Waals surface area (Å²) in [5.74, 6) is 0.523. The van der Waals surface area contributed by atoms with Crippen molar-refractivity contribution in [3.63, 3.8) is 0 Å². The van der Waals surface area contributed by atoms with Crippen molar-refractivity contribution in [1.82, 2.24) is 5.32 Å². The SMILES string of the molecule is CS(=O)(=O)CCCNC(=O)CCOc1cccc(Cl)c1. The van der Waals surface area contributed by atoms with E-state index < -0.39 is 9.84 Å². The third kappa shape index (κ3) is 8.01. The summed E-state index contributed by atoms with van der Waals surface area (Å²) in [6.45, 7) is 0.599. The Bertz CT molecular complexity index is 545. The first-order chi connectivity index (χ1) is 9.37. The first kappa shape index (κ1) is 16.8. The normalized spacial score (nSPS) is 11.1. The Balaban J connectivity index is 2.14. The second kappa shape index (κ2) is 8.11. The average Bonchev–Trinajstić information content (AvgIpc) is 2.34. The maximum Gasteiger partial charge on any atom is 0.223 e. The van der Waals surface area contributed by atoms with E-state index in [9.17, 15) is 13.2 Å². The quantitative estimate of drug-likeness (QED) is 0.740. The molecule has 1 aromatic rings. The van der Waals surface area contributed by atoms with E-state index in [1.807, 2.05) is 0 Å². The van der Waals surface area contributed by atoms with Gasteiger partial charge < -0.3 is 10.1 Å². The highest BCUT2D eigenvalue weighted by molar-refractivity contribution is 7.90. The van der Waals surface area contributed by atoms with E-state index in [2.05, 4.69) is 5.32 Å². The van der Waals surface area contributed by atoms with Crippen molar-refractivity contribution in [2.24, 2.45) is 0 Å². The lowest BCUT2D eigenvalue weighted by atomic mass is 10.3. The monoisotopic (exact) mass is 319 g/mol. The van der Waals surface area contributed by atoms with Gasteiger partial charge in [0.2, 0.25) is 5.91 Å². The zero-order valence-corrected chi connectivity index (χ0v) is 12.8. The van der Waals surface area contributed by atoms with E-state index in [0.717, 1.165) is 0 Å². The van der Waals surface area contributed by atoms with Gasteiger partial charge in [0, 0.05) is 17.8 Å². The van der Waals surface area contributed by atoms with Crippen LogP contribution in [0.25, 0.3) is 0 Å². The molecule has 0 unspecified atom stereocenters. The van der Waals surface area contributed by atoms with Crippen molar-refractivity contribution in [3.05, 3.63) is 29.3 Å². The summed E-state index contributed by atoms with van der Waals surface area (Å²) in [6, 6.07) is 6.94. The van der Waals surface area contributed by atoms with Gasteiger partial charge in [0.15, 0.2) is 0 Å². The minimum Gasteiger partial charge on any atom is -0.493 e. The van der Waals surface area contributed by atoms with Crippen molar-refractivity contribution in [3.8, 4) is 5.75 Å². The maximum atomic E-state index is 11.5. The van der Waals surface area contributed by atoms with Gasteiger partial charge in [0.05, 0.1) is 18.8 Å². The lowest BCUT2D eigenvalue weighted by Gasteiger charge is -2.07. The topological polar surface area (TPSA) is 72.5 Å². The van der Waals surface area contributed by atoms with Gasteiger partial charge in [-0.3, -0.25) is 4.79 Å². The lowest BCUT2D eigenvalue weighted by molar-refractivity contribution is -0.121. The predicted octanol–water partition coefficient (Wildman–Crippen LogP) is 1.66. The van der Waals surface area contributed by atoms with Gasteiger partial charge in [-0.05, 0) is 24.6 Å². The molecule has 0 fully saturated rings. The van der Waals surface area contributed by atoms with Gasteiger partial charge in [0.25, 0.3) is 0 Å². The summed E-state index contributed by atoms with van der Waals surface area (Å²) < 4.78 is 27.2. The molecule has 1 rings (SSSR count). The fraction of sp³-hybridized carbons (Fsp3) is 0.462. The Morgan fingerprint density at radius 3 is 2.80 bits per heavy atom. The van der Waals surface area contributed by atoms with Crippen LogP contribution in [0.5, 0.6) is 5.75 Å². The molecule has 0 atom stereocenters. The molecule has 1 amide bonds. The first-order valence-corrected chi connectivity index (χ1v) is 8.63. The molecule has 0 aliphatic carbocycles. The predicted molar refractivity (Wildman–Crippen MR) is 78.9 cm³/mol. The van der Waals surface area contributed by atoms with Crippen molar-refractivity contribution in [2.45, 2.75) is 12.8 Å². The van der Waals surface area contributed by atoms with E-state index >= 15 is 0 Å². The minimum absolute atomic E-state index is 0.0757. The number of halogens is 1. The number of nitrogens with one attached hydrogen (secondary N) is 1. The standard InChI is InChI=1S/C13H18ClNO4S/c1-20(17,18)9-3-7-15-13(16)6-8-19-12-5-2-4-11(14)10-12/h2,4-5,10H,3,6-9H2,1H3,(H,15,16). The molecule has 0 aliphatic heterocycles. The Hall–Kier alpha value is -1.27. The van der Waals surface area contributed by atoms with Crippen LogP contribution in [0.2, 0.25) is 5.02 Å². The Kier molecular flexibility index (Phi) is 6.81. The summed E-state index contributed by atoms with van der Waals surface area (Å²) in [5, 5.41) is 3.22. The second-order valence-electron chi connectivity index (χ2n) is 4.39. The van der Waals surface area contributed by atoms with E-state index in [4.69, 9.17) is 16.3 Å². The van der Waals surface area contributed by atoms with E-state index in [0.29, 0.717) is 23.7 Å². The third-order valence-electron chi connectivity index (χ3n) is 2.41. The molecular formula is C13H18ClNO4S. The lowest BCUT2D eigenvalue weighted by Crippen LogP contribution is -2.27. The van der Waals surface area contributed by atoms with Crippen LogP contribution >= 0.6 is 11.6 Å². The van der Waals surface area contributed by atoms with Crippen molar-refractivity contribution in [2.75, 3.05) is 25.2 Å². The Labute approximate surface area is 124 Å². The number of carbonyl (C=O) groups excluding carboxylic acids is 1. The first-order valence-electron chi connectivity index (χ1n) is 6.19. The van der Waals surface area contributed by atoms with Gasteiger partial charge in [0.1, 0.15) is 15.6 Å². The van der Waals surface area contributed by atoms with Gasteiger partial charge >= 0.3 is 0 Å². The number of benzene rings is 1. The summed E-state index contributed by atoms with van der Waals surface area (Å²) in [6.07, 6.45) is 1.80. The fourth-order valence-electron chi connectivity index (χ4n) is 1.47. The van der Waals surface area contributed by atoms with Gasteiger partial charge in [-0.1, -0.05) is 17.7 Å². The number of amides is 1. The molecule has 0 saturated carbocycles. The third-order valence-corrected chi connectivity index (χ3v) is 3.67. The van der Waals surface area contributed by atoms with Crippen LogP contribution in [0.1, 0.15) is 12.8 Å². The molecule has 5 nitrogen and oxygen atoms in total. The van der Waals surface area contributed by atoms with E-state index in [1.165, 1.54) is 6.26 Å². The zero-order chi connectivity index (χ0) is 15.0. The van der Waals surface area contributed by atoms with E-state index in [1.54, 1.807) is 24.3 Å². The molecule has 7 heteroatoms. The fourth-order valence-corrected chi connectivity index (χ4v) is 2.32. The van der Waals surface area contributed by atoms with Crippen molar-refractivity contribution >= 4 is 27.3 Å². The molecule has 1 aromatic carbocycles.